The molecule has 1 amide bonds. The molecule has 0 saturated carbocycles. The topological polar surface area (TPSA) is 64.9 Å². The van der Waals surface area contributed by atoms with Crippen LogP contribution in [0.4, 0.5) is 0 Å². The highest BCUT2D eigenvalue weighted by atomic mass is 16.1. The van der Waals surface area contributed by atoms with Crippen LogP contribution in [-0.4, -0.2) is 25.5 Å². The molecular formula is C14H19N3O. The predicted octanol–water partition coefficient (Wildman–Crippen LogP) is 1.41. The Kier molecular flexibility index (Phi) is 6.52. The summed E-state index contributed by atoms with van der Waals surface area (Å²) in [5, 5.41) is 14.1. The van der Waals surface area contributed by atoms with Gasteiger partial charge in [-0.25, -0.2) is 0 Å². The van der Waals surface area contributed by atoms with Crippen molar-refractivity contribution in [2.45, 2.75) is 19.3 Å². The maximum absolute atomic E-state index is 11.4. The van der Waals surface area contributed by atoms with E-state index in [4.69, 9.17) is 5.26 Å². The Hall–Kier alpha value is -1.86. The van der Waals surface area contributed by atoms with E-state index in [0.29, 0.717) is 25.4 Å². The van der Waals surface area contributed by atoms with Gasteiger partial charge < -0.3 is 10.6 Å². The first kappa shape index (κ1) is 14.2. The summed E-state index contributed by atoms with van der Waals surface area (Å²) in [6.45, 7) is 3.60. The number of amides is 1. The molecule has 0 heterocycles. The van der Waals surface area contributed by atoms with Crippen molar-refractivity contribution in [2.75, 3.05) is 19.6 Å². The van der Waals surface area contributed by atoms with Gasteiger partial charge in [-0.05, 0) is 11.5 Å². The smallest absolute Gasteiger partial charge is 0.233 e. The van der Waals surface area contributed by atoms with Crippen LogP contribution in [-0.2, 0) is 4.79 Å². The molecule has 1 unspecified atom stereocenters. The molecule has 1 aromatic carbocycles. The summed E-state index contributed by atoms with van der Waals surface area (Å²) < 4.78 is 0. The van der Waals surface area contributed by atoms with Crippen LogP contribution in [0.25, 0.3) is 0 Å². The third-order valence-electron chi connectivity index (χ3n) is 2.66. The minimum Gasteiger partial charge on any atom is -0.354 e. The first-order valence-corrected chi connectivity index (χ1v) is 6.13. The van der Waals surface area contributed by atoms with Gasteiger partial charge in [0.1, 0.15) is 0 Å². The fraction of sp³-hybridized carbons (Fsp3) is 0.429. The van der Waals surface area contributed by atoms with E-state index in [-0.39, 0.29) is 5.91 Å². The average Bonchev–Trinajstić information content (AvgIpc) is 2.40. The van der Waals surface area contributed by atoms with Crippen molar-refractivity contribution in [3.63, 3.8) is 0 Å². The number of hydrogen-bond acceptors (Lipinski definition) is 3. The SMILES string of the molecule is CC(CNCC(=O)NCCC#N)c1ccccc1. The lowest BCUT2D eigenvalue weighted by molar-refractivity contribution is -0.120. The number of carbonyl (C=O) groups is 1. The lowest BCUT2D eigenvalue weighted by Crippen LogP contribution is -2.35. The van der Waals surface area contributed by atoms with Crippen molar-refractivity contribution in [2.24, 2.45) is 0 Å². The maximum Gasteiger partial charge on any atom is 0.233 e. The molecule has 0 aromatic heterocycles. The minimum atomic E-state index is -0.0643. The molecule has 0 aliphatic rings. The van der Waals surface area contributed by atoms with Gasteiger partial charge in [0.05, 0.1) is 19.0 Å². The first-order chi connectivity index (χ1) is 8.74. The number of nitrogens with one attached hydrogen (secondary N) is 2. The summed E-state index contributed by atoms with van der Waals surface area (Å²) >= 11 is 0. The molecule has 0 spiro atoms. The van der Waals surface area contributed by atoms with Gasteiger partial charge >= 0.3 is 0 Å². The normalized spacial score (nSPS) is 11.6. The highest BCUT2D eigenvalue weighted by Crippen LogP contribution is 2.12. The summed E-state index contributed by atoms with van der Waals surface area (Å²) in [6, 6.07) is 12.2. The van der Waals surface area contributed by atoms with Gasteiger partial charge in [-0.2, -0.15) is 5.26 Å². The van der Waals surface area contributed by atoms with Crippen molar-refractivity contribution >= 4 is 5.91 Å². The quantitative estimate of drug-likeness (QED) is 0.714. The zero-order chi connectivity index (χ0) is 13.2. The second-order valence-electron chi connectivity index (χ2n) is 4.20. The molecule has 4 heteroatoms. The van der Waals surface area contributed by atoms with E-state index in [2.05, 4.69) is 29.7 Å². The van der Waals surface area contributed by atoms with Crippen LogP contribution in [0.5, 0.6) is 0 Å². The molecule has 0 aliphatic carbocycles. The number of nitrogens with zero attached hydrogens (tertiary/aromatic N) is 1. The average molecular weight is 245 g/mol. The van der Waals surface area contributed by atoms with Crippen LogP contribution in [0.3, 0.4) is 0 Å². The molecule has 0 fully saturated rings. The monoisotopic (exact) mass is 245 g/mol. The van der Waals surface area contributed by atoms with E-state index in [9.17, 15) is 4.79 Å². The first-order valence-electron chi connectivity index (χ1n) is 6.13. The molecule has 1 aromatic rings. The summed E-state index contributed by atoms with van der Waals surface area (Å²) in [5.74, 6) is 0.309. The van der Waals surface area contributed by atoms with Gasteiger partial charge in [-0.1, -0.05) is 37.3 Å². The molecule has 96 valence electrons. The fourth-order valence-corrected chi connectivity index (χ4v) is 1.62. The van der Waals surface area contributed by atoms with E-state index < -0.39 is 0 Å². The van der Waals surface area contributed by atoms with Crippen LogP contribution in [0.2, 0.25) is 0 Å². The van der Waals surface area contributed by atoms with Crippen molar-refractivity contribution in [3.05, 3.63) is 35.9 Å². The molecule has 0 radical (unpaired) electrons. The van der Waals surface area contributed by atoms with Crippen LogP contribution < -0.4 is 10.6 Å². The molecule has 1 atom stereocenters. The van der Waals surface area contributed by atoms with Gasteiger partial charge in [0, 0.05) is 13.1 Å². The van der Waals surface area contributed by atoms with Crippen molar-refractivity contribution in [1.29, 1.82) is 5.26 Å². The lowest BCUT2D eigenvalue weighted by atomic mass is 10.0. The molecule has 2 N–H and O–H groups in total. The standard InChI is InChI=1S/C14H19N3O/c1-12(13-6-3-2-4-7-13)10-16-11-14(18)17-9-5-8-15/h2-4,6-7,12,16H,5,9-11H2,1H3,(H,17,18). The summed E-state index contributed by atoms with van der Waals surface area (Å²) in [4.78, 5) is 11.4. The van der Waals surface area contributed by atoms with Gasteiger partial charge in [-0.3, -0.25) is 4.79 Å². The summed E-state index contributed by atoms with van der Waals surface area (Å²) in [6.07, 6.45) is 0.353. The van der Waals surface area contributed by atoms with Crippen LogP contribution >= 0.6 is 0 Å². The minimum absolute atomic E-state index is 0.0643. The van der Waals surface area contributed by atoms with Crippen molar-refractivity contribution in [1.82, 2.24) is 10.6 Å². The van der Waals surface area contributed by atoms with E-state index in [0.717, 1.165) is 6.54 Å². The molecule has 18 heavy (non-hydrogen) atoms. The number of nitriles is 1. The number of rotatable bonds is 7. The fourth-order valence-electron chi connectivity index (χ4n) is 1.62. The van der Waals surface area contributed by atoms with Gasteiger partial charge in [0.25, 0.3) is 0 Å². The van der Waals surface area contributed by atoms with Gasteiger partial charge in [0.2, 0.25) is 5.91 Å². The van der Waals surface area contributed by atoms with E-state index in [1.54, 1.807) is 0 Å². The molecule has 0 bridgehead atoms. The molecule has 1 rings (SSSR count). The Morgan fingerprint density at radius 2 is 2.11 bits per heavy atom. The third kappa shape index (κ3) is 5.46. The molecular weight excluding hydrogens is 226 g/mol. The number of carbonyl (C=O) groups excluding carboxylic acids is 1. The highest BCUT2D eigenvalue weighted by Gasteiger charge is 2.05. The number of hydrogen-bond donors (Lipinski definition) is 2. The second kappa shape index (κ2) is 8.26. The summed E-state index contributed by atoms with van der Waals surface area (Å²) in [7, 11) is 0. The van der Waals surface area contributed by atoms with E-state index in [1.165, 1.54) is 5.56 Å². The largest absolute Gasteiger partial charge is 0.354 e. The predicted molar refractivity (Wildman–Crippen MR) is 71.0 cm³/mol. The molecule has 4 nitrogen and oxygen atoms in total. The summed E-state index contributed by atoms with van der Waals surface area (Å²) in [5.41, 5.74) is 1.26. The van der Waals surface area contributed by atoms with Crippen LogP contribution in [0.1, 0.15) is 24.8 Å². The van der Waals surface area contributed by atoms with Crippen LogP contribution in [0.15, 0.2) is 30.3 Å². The third-order valence-corrected chi connectivity index (χ3v) is 2.66. The lowest BCUT2D eigenvalue weighted by Gasteiger charge is -2.12. The van der Waals surface area contributed by atoms with E-state index >= 15 is 0 Å². The van der Waals surface area contributed by atoms with Crippen molar-refractivity contribution in [3.8, 4) is 6.07 Å². The van der Waals surface area contributed by atoms with Gasteiger partial charge in [0.15, 0.2) is 0 Å². The van der Waals surface area contributed by atoms with Crippen molar-refractivity contribution < 1.29 is 4.79 Å². The Bertz CT molecular complexity index is 397. The Morgan fingerprint density at radius 3 is 2.78 bits per heavy atom. The van der Waals surface area contributed by atoms with Crippen LogP contribution in [0, 0.1) is 11.3 Å². The molecule has 0 aliphatic heterocycles. The highest BCUT2D eigenvalue weighted by molar-refractivity contribution is 5.77. The zero-order valence-electron chi connectivity index (χ0n) is 10.6. The zero-order valence-corrected chi connectivity index (χ0v) is 10.6. The maximum atomic E-state index is 11.4. The Morgan fingerprint density at radius 1 is 1.39 bits per heavy atom. The number of benzene rings is 1. The Labute approximate surface area is 108 Å². The molecule has 0 saturated heterocycles. The Balaban J connectivity index is 2.18. The van der Waals surface area contributed by atoms with Gasteiger partial charge in [-0.15, -0.1) is 0 Å². The van der Waals surface area contributed by atoms with E-state index in [1.807, 2.05) is 24.3 Å². The second-order valence-corrected chi connectivity index (χ2v) is 4.20.